The highest BCUT2D eigenvalue weighted by Crippen LogP contribution is 2.34. The summed E-state index contributed by atoms with van der Waals surface area (Å²) in [6.45, 7) is 0. The fraction of sp³-hybridized carbons (Fsp3) is 0.0909. The maximum absolute atomic E-state index is 14.0. The normalized spacial score (nSPS) is 11.2. The summed E-state index contributed by atoms with van der Waals surface area (Å²) in [6.07, 6.45) is 0. The van der Waals surface area contributed by atoms with Gasteiger partial charge in [0, 0.05) is 0 Å². The number of fused-ring (bicyclic) bond motifs is 1. The van der Waals surface area contributed by atoms with Crippen molar-refractivity contribution in [1.29, 1.82) is 0 Å². The number of thiophene rings is 1. The Morgan fingerprint density at radius 1 is 1.12 bits per heavy atom. The van der Waals surface area contributed by atoms with E-state index in [0.29, 0.717) is 33.8 Å². The lowest BCUT2D eigenvalue weighted by Crippen LogP contribution is -2.13. The first-order valence-electron chi connectivity index (χ1n) is 9.58. The number of rotatable bonds is 6. The van der Waals surface area contributed by atoms with E-state index in [1.54, 1.807) is 24.5 Å². The molecule has 10 heteroatoms. The number of aromatic nitrogens is 5. The highest BCUT2D eigenvalue weighted by Gasteiger charge is 2.20. The van der Waals surface area contributed by atoms with Gasteiger partial charge in [0.05, 0.1) is 28.9 Å². The molecule has 5 aromatic rings. The minimum atomic E-state index is -0.591. The molecule has 0 fully saturated rings. The van der Waals surface area contributed by atoms with E-state index in [4.69, 9.17) is 4.74 Å². The highest BCUT2D eigenvalue weighted by molar-refractivity contribution is 7.98. The van der Waals surface area contributed by atoms with E-state index >= 15 is 0 Å². The Kier molecular flexibility index (Phi) is 5.46. The van der Waals surface area contributed by atoms with E-state index in [9.17, 15) is 9.18 Å². The minimum Gasteiger partial charge on any atom is -0.495 e. The number of ether oxygens (including phenoxy) is 1. The van der Waals surface area contributed by atoms with Crippen molar-refractivity contribution >= 4 is 34.0 Å². The lowest BCUT2D eigenvalue weighted by molar-refractivity contribution is 0.412. The number of nitrogens with one attached hydrogen (secondary N) is 1. The number of halogens is 1. The monoisotopic (exact) mass is 465 g/mol. The van der Waals surface area contributed by atoms with Gasteiger partial charge in [0.15, 0.2) is 11.0 Å². The second kappa shape index (κ2) is 8.56. The van der Waals surface area contributed by atoms with Crippen LogP contribution < -0.4 is 10.3 Å². The van der Waals surface area contributed by atoms with Crippen molar-refractivity contribution in [2.24, 2.45) is 0 Å². The fourth-order valence-electron chi connectivity index (χ4n) is 3.36. The predicted molar refractivity (Wildman–Crippen MR) is 123 cm³/mol. The van der Waals surface area contributed by atoms with Gasteiger partial charge in [-0.15, -0.1) is 21.5 Å². The fourth-order valence-corrected chi connectivity index (χ4v) is 4.87. The molecule has 3 aromatic heterocycles. The van der Waals surface area contributed by atoms with Crippen molar-refractivity contribution in [3.05, 3.63) is 82.0 Å². The Bertz CT molecular complexity index is 1460. The average Bonchev–Trinajstić information content (AvgIpc) is 3.47. The molecule has 0 aliphatic heterocycles. The summed E-state index contributed by atoms with van der Waals surface area (Å²) in [7, 11) is 1.61. The van der Waals surface area contributed by atoms with Gasteiger partial charge in [-0.05, 0) is 35.7 Å². The van der Waals surface area contributed by atoms with Crippen LogP contribution in [0.5, 0.6) is 5.75 Å². The Balaban J connectivity index is 1.55. The van der Waals surface area contributed by atoms with E-state index in [0.717, 1.165) is 10.6 Å². The molecule has 0 aliphatic rings. The van der Waals surface area contributed by atoms with Crippen LogP contribution in [0.4, 0.5) is 4.39 Å². The molecule has 0 atom stereocenters. The van der Waals surface area contributed by atoms with Crippen molar-refractivity contribution in [3.63, 3.8) is 0 Å². The highest BCUT2D eigenvalue weighted by atomic mass is 32.2. The maximum atomic E-state index is 14.0. The molecular weight excluding hydrogens is 449 g/mol. The average molecular weight is 466 g/mol. The van der Waals surface area contributed by atoms with E-state index in [1.807, 2.05) is 46.3 Å². The maximum Gasteiger partial charge on any atom is 0.261 e. The molecule has 3 heterocycles. The second-order valence-electron chi connectivity index (χ2n) is 6.73. The summed E-state index contributed by atoms with van der Waals surface area (Å²) in [6, 6.07) is 16.0. The molecule has 0 amide bonds. The third kappa shape index (κ3) is 3.67. The molecule has 32 heavy (non-hydrogen) atoms. The molecule has 0 spiro atoms. The van der Waals surface area contributed by atoms with E-state index in [-0.39, 0.29) is 5.39 Å². The van der Waals surface area contributed by atoms with Crippen molar-refractivity contribution in [2.75, 3.05) is 7.11 Å². The summed E-state index contributed by atoms with van der Waals surface area (Å²) in [5, 5.41) is 11.3. The van der Waals surface area contributed by atoms with Gasteiger partial charge in [-0.3, -0.25) is 9.36 Å². The smallest absolute Gasteiger partial charge is 0.261 e. The van der Waals surface area contributed by atoms with E-state index < -0.39 is 11.4 Å². The number of aromatic amines is 1. The lowest BCUT2D eigenvalue weighted by Gasteiger charge is -2.13. The molecule has 5 rings (SSSR count). The van der Waals surface area contributed by atoms with Crippen LogP contribution in [0.15, 0.2) is 69.9 Å². The molecular formula is C22H16FN5O2S2. The number of methoxy groups -OCH3 is 1. The first kappa shape index (κ1) is 20.4. The molecule has 0 saturated heterocycles. The number of hydrogen-bond acceptors (Lipinski definition) is 7. The Morgan fingerprint density at radius 2 is 2.00 bits per heavy atom. The summed E-state index contributed by atoms with van der Waals surface area (Å²) < 4.78 is 21.5. The number of benzene rings is 2. The van der Waals surface area contributed by atoms with Crippen LogP contribution in [-0.4, -0.2) is 31.8 Å². The van der Waals surface area contributed by atoms with Crippen LogP contribution in [0.1, 0.15) is 5.82 Å². The molecule has 0 aliphatic carbocycles. The molecule has 7 nitrogen and oxygen atoms in total. The summed E-state index contributed by atoms with van der Waals surface area (Å²) >= 11 is 2.93. The molecule has 0 bridgehead atoms. The third-order valence-electron chi connectivity index (χ3n) is 4.77. The zero-order valence-corrected chi connectivity index (χ0v) is 18.4. The summed E-state index contributed by atoms with van der Waals surface area (Å²) in [5.74, 6) is 1.52. The van der Waals surface area contributed by atoms with Crippen LogP contribution in [-0.2, 0) is 5.75 Å². The summed E-state index contributed by atoms with van der Waals surface area (Å²) in [4.78, 5) is 20.4. The number of thioether (sulfide) groups is 1. The molecule has 1 N–H and O–H groups in total. The molecule has 0 radical (unpaired) electrons. The Morgan fingerprint density at radius 3 is 2.81 bits per heavy atom. The molecule has 0 saturated carbocycles. The lowest BCUT2D eigenvalue weighted by atomic mass is 10.2. The van der Waals surface area contributed by atoms with Crippen LogP contribution >= 0.6 is 23.1 Å². The first-order valence-corrected chi connectivity index (χ1v) is 11.4. The zero-order chi connectivity index (χ0) is 22.1. The Labute approximate surface area is 189 Å². The minimum absolute atomic E-state index is 0.0431. The van der Waals surface area contributed by atoms with Gasteiger partial charge >= 0.3 is 0 Å². The molecule has 2 aromatic carbocycles. The first-order chi connectivity index (χ1) is 15.7. The number of para-hydroxylation sites is 2. The quantitative estimate of drug-likeness (QED) is 0.367. The largest absolute Gasteiger partial charge is 0.495 e. The van der Waals surface area contributed by atoms with Crippen molar-refractivity contribution in [2.45, 2.75) is 10.9 Å². The Hall–Kier alpha value is -3.50. The predicted octanol–water partition coefficient (Wildman–Crippen LogP) is 4.67. The van der Waals surface area contributed by atoms with Gasteiger partial charge in [-0.1, -0.05) is 36.0 Å². The van der Waals surface area contributed by atoms with Gasteiger partial charge in [0.1, 0.15) is 22.8 Å². The third-order valence-corrected chi connectivity index (χ3v) is 6.58. The van der Waals surface area contributed by atoms with Gasteiger partial charge in [0.2, 0.25) is 0 Å². The van der Waals surface area contributed by atoms with E-state index in [2.05, 4.69) is 20.2 Å². The van der Waals surface area contributed by atoms with Gasteiger partial charge in [0.25, 0.3) is 5.56 Å². The number of H-pyrrole nitrogens is 1. The zero-order valence-electron chi connectivity index (χ0n) is 16.8. The molecule has 0 unspecified atom stereocenters. The van der Waals surface area contributed by atoms with Crippen molar-refractivity contribution in [1.82, 2.24) is 24.7 Å². The standard InChI is InChI=1S/C22H16FN5O2S2/c1-30-16-9-3-2-8-15(16)28-20(17-10-5-11-31-17)26-27-22(28)32-12-18-24-14-7-4-6-13(23)19(14)21(29)25-18/h2-11H,12H2,1H3,(H,24,25,29). The topological polar surface area (TPSA) is 85.7 Å². The van der Waals surface area contributed by atoms with Crippen LogP contribution in [0.2, 0.25) is 0 Å². The number of hydrogen-bond donors (Lipinski definition) is 1. The summed E-state index contributed by atoms with van der Waals surface area (Å²) in [5.41, 5.74) is 0.608. The van der Waals surface area contributed by atoms with Crippen molar-refractivity contribution in [3.8, 4) is 22.1 Å². The molecule has 160 valence electrons. The van der Waals surface area contributed by atoms with Crippen LogP contribution in [0.25, 0.3) is 27.3 Å². The van der Waals surface area contributed by atoms with Gasteiger partial charge < -0.3 is 9.72 Å². The van der Waals surface area contributed by atoms with Crippen molar-refractivity contribution < 1.29 is 9.13 Å². The number of nitrogens with zero attached hydrogens (tertiary/aromatic N) is 4. The SMILES string of the molecule is COc1ccccc1-n1c(SCc2nc3cccc(F)c3c(=O)[nH]2)nnc1-c1cccs1. The van der Waals surface area contributed by atoms with Crippen LogP contribution in [0, 0.1) is 5.82 Å². The van der Waals surface area contributed by atoms with Gasteiger partial charge in [-0.2, -0.15) is 0 Å². The van der Waals surface area contributed by atoms with E-state index in [1.165, 1.54) is 23.9 Å². The second-order valence-corrected chi connectivity index (χ2v) is 8.62. The van der Waals surface area contributed by atoms with Crippen LogP contribution in [0.3, 0.4) is 0 Å². The van der Waals surface area contributed by atoms with Gasteiger partial charge in [-0.25, -0.2) is 9.37 Å².